The van der Waals surface area contributed by atoms with Crippen LogP contribution in [0, 0.1) is 6.92 Å². The first kappa shape index (κ1) is 30.2. The van der Waals surface area contributed by atoms with Gasteiger partial charge < -0.3 is 24.9 Å². The van der Waals surface area contributed by atoms with Crippen LogP contribution in [0.3, 0.4) is 0 Å². The van der Waals surface area contributed by atoms with Crippen LogP contribution in [0.2, 0.25) is 5.02 Å². The summed E-state index contributed by atoms with van der Waals surface area (Å²) in [4.78, 5) is 35.0. The first-order chi connectivity index (χ1) is 21.9. The molecular formula is C35H33ClN4O5. The van der Waals surface area contributed by atoms with Crippen molar-refractivity contribution < 1.29 is 24.2 Å². The lowest BCUT2D eigenvalue weighted by atomic mass is 9.92. The Balaban J connectivity index is 1.15. The van der Waals surface area contributed by atoms with Gasteiger partial charge in [-0.2, -0.15) is 0 Å². The number of aliphatic hydroxyl groups excluding tert-OH is 1. The molecule has 10 heteroatoms. The van der Waals surface area contributed by atoms with E-state index in [-0.39, 0.29) is 19.1 Å². The maximum atomic E-state index is 13.6. The van der Waals surface area contributed by atoms with E-state index in [4.69, 9.17) is 21.1 Å². The van der Waals surface area contributed by atoms with Crippen molar-refractivity contribution in [2.24, 2.45) is 0 Å². The van der Waals surface area contributed by atoms with Crippen LogP contribution in [0.1, 0.15) is 45.3 Å². The molecule has 3 N–H and O–H groups in total. The highest BCUT2D eigenvalue weighted by Gasteiger charge is 2.35. The van der Waals surface area contributed by atoms with Gasteiger partial charge in [0.1, 0.15) is 23.2 Å². The van der Waals surface area contributed by atoms with Crippen LogP contribution < -0.4 is 14.8 Å². The first-order valence-corrected chi connectivity index (χ1v) is 15.2. The zero-order valence-electron chi connectivity index (χ0n) is 24.7. The molecule has 0 saturated carbocycles. The Morgan fingerprint density at radius 3 is 2.60 bits per heavy atom. The van der Waals surface area contributed by atoms with Crippen molar-refractivity contribution in [1.82, 2.24) is 20.2 Å². The van der Waals surface area contributed by atoms with Crippen LogP contribution in [-0.4, -0.2) is 57.8 Å². The van der Waals surface area contributed by atoms with E-state index in [0.717, 1.165) is 33.3 Å². The number of hydrogen-bond donors (Lipinski definition) is 3. The summed E-state index contributed by atoms with van der Waals surface area (Å²) in [7, 11) is 0. The number of ether oxygens (including phenoxy) is 2. The number of pyridine rings is 1. The maximum Gasteiger partial charge on any atom is 0.416 e. The Hall–Kier alpha value is -4.86. The van der Waals surface area contributed by atoms with Gasteiger partial charge in [-0.25, -0.2) is 4.79 Å². The van der Waals surface area contributed by atoms with E-state index < -0.39 is 18.2 Å². The summed E-state index contributed by atoms with van der Waals surface area (Å²) in [6.07, 6.45) is 1.31. The quantitative estimate of drug-likeness (QED) is 0.179. The third-order valence-corrected chi connectivity index (χ3v) is 8.10. The maximum absolute atomic E-state index is 13.6. The summed E-state index contributed by atoms with van der Waals surface area (Å²) in [6, 6.07) is 25.4. The molecule has 0 fully saturated rings. The van der Waals surface area contributed by atoms with Gasteiger partial charge >= 0.3 is 6.09 Å². The Morgan fingerprint density at radius 1 is 1.07 bits per heavy atom. The van der Waals surface area contributed by atoms with Crippen molar-refractivity contribution in [3.63, 3.8) is 0 Å². The fourth-order valence-corrected chi connectivity index (χ4v) is 5.70. The Bertz CT molecular complexity index is 1790. The third-order valence-electron chi connectivity index (χ3n) is 7.86. The van der Waals surface area contributed by atoms with Crippen LogP contribution >= 0.6 is 11.6 Å². The number of halogens is 1. The molecular weight excluding hydrogens is 592 g/mol. The van der Waals surface area contributed by atoms with Crippen molar-refractivity contribution in [3.05, 3.63) is 124 Å². The van der Waals surface area contributed by atoms with E-state index >= 15 is 0 Å². The minimum Gasteiger partial charge on any atom is -0.493 e. The Labute approximate surface area is 265 Å². The van der Waals surface area contributed by atoms with Crippen molar-refractivity contribution in [1.29, 1.82) is 0 Å². The Morgan fingerprint density at radius 2 is 1.84 bits per heavy atom. The number of nitrogens with one attached hydrogen (secondary N) is 2. The van der Waals surface area contributed by atoms with Crippen LogP contribution in [0.25, 0.3) is 10.9 Å². The predicted molar refractivity (Wildman–Crippen MR) is 172 cm³/mol. The average molecular weight is 625 g/mol. The standard InChI is InChI=1S/C35H33ClN4O5/c1-22-5-10-27(11-6-22)45-35(43)40-18-15-28-29-20-24(36)9-14-30(29)39-32(28)33(40)23-7-12-26(13-8-23)44-19-16-25(41)21-38-34(42)31-4-2-3-17-37-31/h2-14,17,20,25,33,39,41H,15-16,18-19,21H2,1H3,(H,38,42). The molecule has 6 rings (SSSR count). The van der Waals surface area contributed by atoms with Gasteiger partial charge in [-0.05, 0) is 79.1 Å². The highest BCUT2D eigenvalue weighted by molar-refractivity contribution is 6.31. The number of carbonyl (C=O) groups excluding carboxylic acids is 2. The second-order valence-corrected chi connectivity index (χ2v) is 11.5. The zero-order chi connectivity index (χ0) is 31.3. The zero-order valence-corrected chi connectivity index (χ0v) is 25.5. The van der Waals surface area contributed by atoms with E-state index in [1.54, 1.807) is 41.4 Å². The largest absolute Gasteiger partial charge is 0.493 e. The van der Waals surface area contributed by atoms with Gasteiger partial charge in [0.25, 0.3) is 5.91 Å². The van der Waals surface area contributed by atoms with Crippen LogP contribution in [-0.2, 0) is 6.42 Å². The summed E-state index contributed by atoms with van der Waals surface area (Å²) in [5.41, 5.74) is 5.27. The molecule has 0 bridgehead atoms. The molecule has 3 aromatic carbocycles. The van der Waals surface area contributed by atoms with Gasteiger partial charge in [0.2, 0.25) is 0 Å². The molecule has 0 aliphatic carbocycles. The number of amides is 2. The van der Waals surface area contributed by atoms with Gasteiger partial charge in [0.15, 0.2) is 0 Å². The molecule has 230 valence electrons. The van der Waals surface area contributed by atoms with Gasteiger partial charge in [-0.1, -0.05) is 47.5 Å². The van der Waals surface area contributed by atoms with Gasteiger partial charge in [0, 0.05) is 47.3 Å². The fraction of sp³-hybridized carbons (Fsp3) is 0.229. The van der Waals surface area contributed by atoms with E-state index in [0.29, 0.717) is 41.6 Å². The summed E-state index contributed by atoms with van der Waals surface area (Å²) >= 11 is 6.34. The first-order valence-electron chi connectivity index (χ1n) is 14.8. The lowest BCUT2D eigenvalue weighted by Crippen LogP contribution is -2.42. The molecule has 5 aromatic rings. The molecule has 0 saturated heterocycles. The van der Waals surface area contributed by atoms with Gasteiger partial charge in [0.05, 0.1) is 12.7 Å². The minimum absolute atomic E-state index is 0.0892. The van der Waals surface area contributed by atoms with Crippen molar-refractivity contribution in [3.8, 4) is 11.5 Å². The molecule has 2 atom stereocenters. The van der Waals surface area contributed by atoms with Crippen molar-refractivity contribution >= 4 is 34.5 Å². The number of aromatic nitrogens is 2. The van der Waals surface area contributed by atoms with E-state index in [2.05, 4.69) is 15.3 Å². The summed E-state index contributed by atoms with van der Waals surface area (Å²) < 4.78 is 11.7. The number of nitrogens with zero attached hydrogens (tertiary/aromatic N) is 2. The smallest absolute Gasteiger partial charge is 0.416 e. The van der Waals surface area contributed by atoms with Gasteiger partial charge in [-0.3, -0.25) is 14.7 Å². The Kier molecular flexibility index (Phi) is 9.00. The number of hydrogen-bond acceptors (Lipinski definition) is 6. The molecule has 2 aromatic heterocycles. The molecule has 1 aliphatic heterocycles. The number of H-pyrrole nitrogens is 1. The summed E-state index contributed by atoms with van der Waals surface area (Å²) in [5, 5.41) is 14.7. The van der Waals surface area contributed by atoms with E-state index in [9.17, 15) is 14.7 Å². The monoisotopic (exact) mass is 624 g/mol. The highest BCUT2D eigenvalue weighted by Crippen LogP contribution is 2.40. The van der Waals surface area contributed by atoms with Gasteiger partial charge in [-0.15, -0.1) is 0 Å². The average Bonchev–Trinajstić information content (AvgIpc) is 3.43. The van der Waals surface area contributed by atoms with Crippen molar-refractivity contribution in [2.45, 2.75) is 31.9 Å². The number of carbonyl (C=O) groups is 2. The fourth-order valence-electron chi connectivity index (χ4n) is 5.53. The van der Waals surface area contributed by atoms with E-state index in [1.165, 1.54) is 0 Å². The van der Waals surface area contributed by atoms with Crippen molar-refractivity contribution in [2.75, 3.05) is 19.7 Å². The number of fused-ring (bicyclic) bond motifs is 3. The highest BCUT2D eigenvalue weighted by atomic mass is 35.5. The molecule has 1 aliphatic rings. The predicted octanol–water partition coefficient (Wildman–Crippen LogP) is 6.23. The minimum atomic E-state index is -0.777. The molecule has 2 amide bonds. The molecule has 3 heterocycles. The third kappa shape index (κ3) is 6.95. The second-order valence-electron chi connectivity index (χ2n) is 11.0. The number of aryl methyl sites for hydroxylation is 1. The SMILES string of the molecule is Cc1ccc(OC(=O)N2CCc3c([nH]c4ccc(Cl)cc34)C2c2ccc(OCCC(O)CNC(=O)c3ccccn3)cc2)cc1. The van der Waals surface area contributed by atoms with E-state index in [1.807, 2.05) is 61.5 Å². The summed E-state index contributed by atoms with van der Waals surface area (Å²) in [6.45, 7) is 2.79. The molecule has 2 unspecified atom stereocenters. The van der Waals surface area contributed by atoms with Crippen LogP contribution in [0.4, 0.5) is 4.79 Å². The normalized spacial score (nSPS) is 14.9. The number of rotatable bonds is 9. The number of aromatic amines is 1. The molecule has 0 spiro atoms. The molecule has 0 radical (unpaired) electrons. The summed E-state index contributed by atoms with van der Waals surface area (Å²) in [5.74, 6) is 0.768. The topological polar surface area (TPSA) is 117 Å². The van der Waals surface area contributed by atoms with Crippen LogP contribution in [0.5, 0.6) is 11.5 Å². The number of benzene rings is 3. The van der Waals surface area contributed by atoms with Crippen LogP contribution in [0.15, 0.2) is 91.1 Å². The molecule has 9 nitrogen and oxygen atoms in total. The second kappa shape index (κ2) is 13.4. The lowest BCUT2D eigenvalue weighted by molar-refractivity contribution is 0.0890. The number of aliphatic hydroxyl groups is 1. The molecule has 45 heavy (non-hydrogen) atoms. The lowest BCUT2D eigenvalue weighted by Gasteiger charge is -2.35.